The van der Waals surface area contributed by atoms with Crippen molar-refractivity contribution in [2.24, 2.45) is 11.7 Å². The van der Waals surface area contributed by atoms with Crippen LogP contribution in [-0.2, 0) is 11.3 Å². The molecule has 0 radical (unpaired) electrons. The standard InChI is InChI=1S/C13H19BrN2O2.ClH/c1-3-8(2)12(15)13(18)16-7-9-4-5-11(17)10(14)6-9;/h4-6,8,12,17H,3,7,15H2,1-2H3,(H,16,18);1H. The Morgan fingerprint density at radius 2 is 2.16 bits per heavy atom. The van der Waals surface area contributed by atoms with E-state index in [0.717, 1.165) is 12.0 Å². The largest absolute Gasteiger partial charge is 0.507 e. The van der Waals surface area contributed by atoms with E-state index in [9.17, 15) is 9.90 Å². The summed E-state index contributed by atoms with van der Waals surface area (Å²) in [7, 11) is 0. The van der Waals surface area contributed by atoms with Crippen LogP contribution in [0.1, 0.15) is 25.8 Å². The molecule has 0 bridgehead atoms. The first-order valence-corrected chi connectivity index (χ1v) is 6.75. The minimum atomic E-state index is -0.476. The fourth-order valence-corrected chi connectivity index (χ4v) is 1.91. The number of rotatable bonds is 5. The summed E-state index contributed by atoms with van der Waals surface area (Å²) in [6.45, 7) is 4.37. The van der Waals surface area contributed by atoms with Gasteiger partial charge in [-0.25, -0.2) is 0 Å². The van der Waals surface area contributed by atoms with E-state index in [1.165, 1.54) is 0 Å². The monoisotopic (exact) mass is 350 g/mol. The van der Waals surface area contributed by atoms with Crippen LogP contribution in [0.4, 0.5) is 0 Å². The number of carbonyl (C=O) groups is 1. The van der Waals surface area contributed by atoms with E-state index in [2.05, 4.69) is 21.2 Å². The van der Waals surface area contributed by atoms with Crippen molar-refractivity contribution in [1.82, 2.24) is 5.32 Å². The van der Waals surface area contributed by atoms with Crippen molar-refractivity contribution < 1.29 is 9.90 Å². The van der Waals surface area contributed by atoms with Crippen molar-refractivity contribution in [3.63, 3.8) is 0 Å². The first-order valence-electron chi connectivity index (χ1n) is 5.96. The molecule has 2 atom stereocenters. The first kappa shape index (κ1) is 18.2. The Kier molecular flexibility index (Phi) is 8.06. The molecule has 0 spiro atoms. The molecule has 0 aliphatic heterocycles. The minimum absolute atomic E-state index is 0. The summed E-state index contributed by atoms with van der Waals surface area (Å²) >= 11 is 3.23. The molecule has 1 aromatic carbocycles. The summed E-state index contributed by atoms with van der Waals surface area (Å²) in [5.41, 5.74) is 6.73. The highest BCUT2D eigenvalue weighted by Crippen LogP contribution is 2.24. The number of benzene rings is 1. The summed E-state index contributed by atoms with van der Waals surface area (Å²) < 4.78 is 0.612. The number of phenols is 1. The lowest BCUT2D eigenvalue weighted by Gasteiger charge is -2.17. The lowest BCUT2D eigenvalue weighted by molar-refractivity contribution is -0.123. The van der Waals surface area contributed by atoms with Crippen molar-refractivity contribution >= 4 is 34.2 Å². The molecule has 19 heavy (non-hydrogen) atoms. The Bertz CT molecular complexity index is 429. The van der Waals surface area contributed by atoms with E-state index in [1.54, 1.807) is 18.2 Å². The normalized spacial score (nSPS) is 13.3. The van der Waals surface area contributed by atoms with Gasteiger partial charge in [-0.05, 0) is 39.5 Å². The molecular formula is C13H20BrClN2O2. The molecule has 4 nitrogen and oxygen atoms in total. The predicted molar refractivity (Wildman–Crippen MR) is 82.3 cm³/mol. The molecule has 0 aliphatic rings. The Hall–Kier alpha value is -0.780. The third kappa shape index (κ3) is 5.38. The van der Waals surface area contributed by atoms with Gasteiger partial charge in [-0.3, -0.25) is 4.79 Å². The summed E-state index contributed by atoms with van der Waals surface area (Å²) in [6.07, 6.45) is 0.874. The van der Waals surface area contributed by atoms with Gasteiger partial charge in [-0.15, -0.1) is 12.4 Å². The SMILES string of the molecule is CCC(C)C(N)C(=O)NCc1ccc(O)c(Br)c1.Cl. The second kappa shape index (κ2) is 8.40. The van der Waals surface area contributed by atoms with E-state index in [0.29, 0.717) is 11.0 Å². The van der Waals surface area contributed by atoms with E-state index >= 15 is 0 Å². The Labute approximate surface area is 128 Å². The fraction of sp³-hybridized carbons (Fsp3) is 0.462. The maximum atomic E-state index is 11.8. The number of carbonyl (C=O) groups excluding carboxylic acids is 1. The molecule has 1 amide bonds. The molecule has 4 N–H and O–H groups in total. The van der Waals surface area contributed by atoms with E-state index in [1.807, 2.05) is 13.8 Å². The van der Waals surface area contributed by atoms with E-state index in [4.69, 9.17) is 5.73 Å². The number of phenolic OH excluding ortho intramolecular Hbond substituents is 1. The highest BCUT2D eigenvalue weighted by molar-refractivity contribution is 9.10. The van der Waals surface area contributed by atoms with Crippen molar-refractivity contribution in [2.75, 3.05) is 0 Å². The number of nitrogens with two attached hydrogens (primary N) is 1. The second-order valence-corrected chi connectivity index (χ2v) is 5.27. The van der Waals surface area contributed by atoms with Crippen LogP contribution >= 0.6 is 28.3 Å². The van der Waals surface area contributed by atoms with E-state index < -0.39 is 6.04 Å². The third-order valence-electron chi connectivity index (χ3n) is 3.04. The maximum Gasteiger partial charge on any atom is 0.237 e. The number of hydrogen-bond acceptors (Lipinski definition) is 3. The van der Waals surface area contributed by atoms with Gasteiger partial charge in [0.1, 0.15) is 5.75 Å². The van der Waals surface area contributed by atoms with Gasteiger partial charge < -0.3 is 16.2 Å². The van der Waals surface area contributed by atoms with Crippen LogP contribution in [0.15, 0.2) is 22.7 Å². The van der Waals surface area contributed by atoms with Crippen LogP contribution in [0.3, 0.4) is 0 Å². The molecule has 0 saturated carbocycles. The van der Waals surface area contributed by atoms with Crippen LogP contribution in [-0.4, -0.2) is 17.1 Å². The number of aromatic hydroxyl groups is 1. The highest BCUT2D eigenvalue weighted by atomic mass is 79.9. The van der Waals surface area contributed by atoms with Crippen molar-refractivity contribution in [3.05, 3.63) is 28.2 Å². The molecule has 6 heteroatoms. The third-order valence-corrected chi connectivity index (χ3v) is 3.67. The zero-order valence-corrected chi connectivity index (χ0v) is 13.4. The molecule has 0 fully saturated rings. The van der Waals surface area contributed by atoms with Gasteiger partial charge >= 0.3 is 0 Å². The zero-order valence-electron chi connectivity index (χ0n) is 11.0. The summed E-state index contributed by atoms with van der Waals surface area (Å²) in [4.78, 5) is 11.8. The van der Waals surface area contributed by atoms with Crippen molar-refractivity contribution in [1.29, 1.82) is 0 Å². The Morgan fingerprint density at radius 3 is 2.68 bits per heavy atom. The topological polar surface area (TPSA) is 75.4 Å². The number of amides is 1. The number of halogens is 2. The smallest absolute Gasteiger partial charge is 0.237 e. The van der Waals surface area contributed by atoms with Gasteiger partial charge in [-0.2, -0.15) is 0 Å². The molecule has 0 heterocycles. The van der Waals surface area contributed by atoms with Crippen LogP contribution < -0.4 is 11.1 Å². The highest BCUT2D eigenvalue weighted by Gasteiger charge is 2.18. The average Bonchev–Trinajstić information content (AvgIpc) is 2.37. The minimum Gasteiger partial charge on any atom is -0.507 e. The molecule has 1 aromatic rings. The van der Waals surface area contributed by atoms with Crippen LogP contribution in [0.5, 0.6) is 5.75 Å². The molecule has 2 unspecified atom stereocenters. The predicted octanol–water partition coefficient (Wildman–Crippen LogP) is 2.57. The van der Waals surface area contributed by atoms with Crippen LogP contribution in [0.2, 0.25) is 0 Å². The summed E-state index contributed by atoms with van der Waals surface area (Å²) in [5, 5.41) is 12.2. The molecular weight excluding hydrogens is 332 g/mol. The first-order chi connectivity index (χ1) is 8.45. The van der Waals surface area contributed by atoms with Gasteiger partial charge in [0.25, 0.3) is 0 Å². The molecule has 1 rings (SSSR count). The van der Waals surface area contributed by atoms with Gasteiger partial charge in [-0.1, -0.05) is 26.3 Å². The van der Waals surface area contributed by atoms with Crippen molar-refractivity contribution in [3.8, 4) is 5.75 Å². The molecule has 0 aliphatic carbocycles. The molecule has 108 valence electrons. The lowest BCUT2D eigenvalue weighted by atomic mass is 9.99. The van der Waals surface area contributed by atoms with E-state index in [-0.39, 0.29) is 30.0 Å². The summed E-state index contributed by atoms with van der Waals surface area (Å²) in [5.74, 6) is 0.200. The van der Waals surface area contributed by atoms with Crippen LogP contribution in [0.25, 0.3) is 0 Å². The van der Waals surface area contributed by atoms with Gasteiger partial charge in [0.15, 0.2) is 0 Å². The second-order valence-electron chi connectivity index (χ2n) is 4.41. The lowest BCUT2D eigenvalue weighted by Crippen LogP contribution is -2.44. The number of nitrogens with one attached hydrogen (secondary N) is 1. The number of hydrogen-bond donors (Lipinski definition) is 3. The molecule has 0 saturated heterocycles. The zero-order chi connectivity index (χ0) is 13.7. The quantitative estimate of drug-likeness (QED) is 0.763. The Morgan fingerprint density at radius 1 is 1.53 bits per heavy atom. The van der Waals surface area contributed by atoms with Gasteiger partial charge in [0.05, 0.1) is 10.5 Å². The van der Waals surface area contributed by atoms with Crippen molar-refractivity contribution in [2.45, 2.75) is 32.9 Å². The Balaban J connectivity index is 0.00000324. The molecule has 0 aromatic heterocycles. The maximum absolute atomic E-state index is 11.8. The summed E-state index contributed by atoms with van der Waals surface area (Å²) in [6, 6.07) is 4.63. The van der Waals surface area contributed by atoms with Gasteiger partial charge in [0.2, 0.25) is 5.91 Å². The van der Waals surface area contributed by atoms with Crippen LogP contribution in [0, 0.1) is 5.92 Å². The van der Waals surface area contributed by atoms with Gasteiger partial charge in [0, 0.05) is 6.54 Å². The average molecular weight is 352 g/mol. The fourth-order valence-electron chi connectivity index (χ4n) is 1.48.